The highest BCUT2D eigenvalue weighted by atomic mass is 15.2. The number of benzene rings is 12. The van der Waals surface area contributed by atoms with Crippen LogP contribution < -0.4 is 14.7 Å². The maximum absolute atomic E-state index is 2.45. The molecule has 12 aromatic rings. The summed E-state index contributed by atoms with van der Waals surface area (Å²) in [6, 6.07) is 119. The largest absolute Gasteiger partial charge is 0.311 e. The summed E-state index contributed by atoms with van der Waals surface area (Å²) in [6.45, 7) is 4.54. The zero-order valence-corrected chi connectivity index (χ0v) is 48.6. The third-order valence-electron chi connectivity index (χ3n) is 16.4. The molecule has 3 nitrogen and oxygen atoms in total. The second-order valence-electron chi connectivity index (χ2n) is 22.2. The van der Waals surface area contributed by atoms with E-state index in [1.54, 1.807) is 0 Å². The van der Waals surface area contributed by atoms with Crippen molar-refractivity contribution in [3.05, 3.63) is 374 Å². The molecular weight excluding hydrogens is 1040 g/mol. The summed E-state index contributed by atoms with van der Waals surface area (Å²) in [5, 5.41) is 0. The smallest absolute Gasteiger partial charge is 0.0462 e. The van der Waals surface area contributed by atoms with Gasteiger partial charge in [0.25, 0.3) is 0 Å². The fraction of sp³-hybridized carbons (Fsp3) is 0.0602. The summed E-state index contributed by atoms with van der Waals surface area (Å²) in [5.41, 5.74) is 24.6. The number of hydrogen-bond acceptors (Lipinski definition) is 3. The highest BCUT2D eigenvalue weighted by Crippen LogP contribution is 2.44. The summed E-state index contributed by atoms with van der Waals surface area (Å²) >= 11 is 0. The number of rotatable bonds is 17. The Bertz CT molecular complexity index is 4120. The van der Waals surface area contributed by atoms with Gasteiger partial charge >= 0.3 is 0 Å². The molecule has 0 aromatic heterocycles. The average Bonchev–Trinajstić information content (AvgIpc) is 2.85. The van der Waals surface area contributed by atoms with E-state index in [9.17, 15) is 0 Å². The summed E-state index contributed by atoms with van der Waals surface area (Å²) in [4.78, 5) is 6.94. The van der Waals surface area contributed by atoms with Crippen molar-refractivity contribution < 1.29 is 0 Å². The lowest BCUT2D eigenvalue weighted by Gasteiger charge is -2.27. The van der Waals surface area contributed by atoms with Crippen molar-refractivity contribution in [1.29, 1.82) is 0 Å². The highest BCUT2D eigenvalue weighted by molar-refractivity contribution is 6.01. The lowest BCUT2D eigenvalue weighted by atomic mass is 9.78. The molecule has 3 heteroatoms. The van der Waals surface area contributed by atoms with Gasteiger partial charge in [-0.2, -0.15) is 0 Å². The van der Waals surface area contributed by atoms with Crippen LogP contribution in [-0.2, 0) is 0 Å². The second-order valence-corrected chi connectivity index (χ2v) is 22.2. The van der Waals surface area contributed by atoms with Crippen LogP contribution in [0, 0.1) is 5.92 Å². The molecule has 0 amide bonds. The molecule has 0 N–H and O–H groups in total. The van der Waals surface area contributed by atoms with Gasteiger partial charge in [-0.3, -0.25) is 0 Å². The van der Waals surface area contributed by atoms with Crippen LogP contribution in [0.15, 0.2) is 346 Å². The average molecular weight is 1110 g/mol. The van der Waals surface area contributed by atoms with Gasteiger partial charge in [0.15, 0.2) is 0 Å². The van der Waals surface area contributed by atoms with Crippen LogP contribution >= 0.6 is 0 Å². The van der Waals surface area contributed by atoms with Gasteiger partial charge in [-0.05, 0) is 188 Å². The van der Waals surface area contributed by atoms with Crippen molar-refractivity contribution in [2.24, 2.45) is 5.92 Å². The van der Waals surface area contributed by atoms with Crippen molar-refractivity contribution in [3.63, 3.8) is 0 Å². The van der Waals surface area contributed by atoms with Gasteiger partial charge in [-0.25, -0.2) is 0 Å². The molecule has 0 radical (unpaired) electrons. The first-order chi connectivity index (χ1) is 42.5. The van der Waals surface area contributed by atoms with E-state index in [-0.39, 0.29) is 5.92 Å². The molecule has 0 spiro atoms. The molecular formula is C83H67N3. The van der Waals surface area contributed by atoms with Crippen LogP contribution in [0.4, 0.5) is 51.2 Å². The molecule has 0 bridgehead atoms. The van der Waals surface area contributed by atoms with E-state index in [0.717, 1.165) is 57.6 Å². The lowest BCUT2D eigenvalue weighted by Crippen LogP contribution is -2.09. The van der Waals surface area contributed by atoms with E-state index < -0.39 is 0 Å². The van der Waals surface area contributed by atoms with Crippen LogP contribution in [0.2, 0.25) is 0 Å². The summed E-state index contributed by atoms with van der Waals surface area (Å²) < 4.78 is 0. The predicted octanol–water partition coefficient (Wildman–Crippen LogP) is 23.2. The van der Waals surface area contributed by atoms with Gasteiger partial charge in [0.1, 0.15) is 0 Å². The topological polar surface area (TPSA) is 9.72 Å². The maximum atomic E-state index is 2.45. The Morgan fingerprint density at radius 3 is 0.849 bits per heavy atom. The van der Waals surface area contributed by atoms with E-state index in [0.29, 0.717) is 5.92 Å². The number of hydrogen-bond donors (Lipinski definition) is 0. The fourth-order valence-electron chi connectivity index (χ4n) is 12.0. The first-order valence-corrected chi connectivity index (χ1v) is 29.9. The number of anilines is 9. The quantitative estimate of drug-likeness (QED) is 0.0842. The van der Waals surface area contributed by atoms with Crippen LogP contribution in [0.1, 0.15) is 54.0 Å². The van der Waals surface area contributed by atoms with Crippen LogP contribution in [0.3, 0.4) is 0 Å². The third kappa shape index (κ3) is 11.9. The van der Waals surface area contributed by atoms with Crippen molar-refractivity contribution in [2.45, 2.75) is 26.2 Å². The Morgan fingerprint density at radius 2 is 0.558 bits per heavy atom. The SMILES string of the molecule is CC(C)c1ccc(/C(=C(/c2ccc(-c3ccc(N(c4ccccc4)c4ccccc4)cc3)cc2)C2C=CC(c3ccc(N(c4ccccc4)c4ccccc4)cc3)=CC2)c2ccc(-c3ccc(N(c4ccccc4)c4ccccc4)cc3)cc2)cc1. The minimum atomic E-state index is 0.0842. The molecule has 0 saturated heterocycles. The van der Waals surface area contributed by atoms with Crippen molar-refractivity contribution >= 4 is 67.9 Å². The Hall–Kier alpha value is -10.7. The highest BCUT2D eigenvalue weighted by Gasteiger charge is 2.24. The van der Waals surface area contributed by atoms with Crippen molar-refractivity contribution in [3.8, 4) is 22.3 Å². The van der Waals surface area contributed by atoms with Crippen molar-refractivity contribution in [2.75, 3.05) is 14.7 Å². The summed E-state index contributed by atoms with van der Waals surface area (Å²) in [6.07, 6.45) is 8.08. The minimum Gasteiger partial charge on any atom is -0.311 e. The molecule has 1 unspecified atom stereocenters. The van der Waals surface area contributed by atoms with E-state index in [4.69, 9.17) is 0 Å². The Balaban J connectivity index is 0.873. The number of para-hydroxylation sites is 6. The van der Waals surface area contributed by atoms with Crippen LogP contribution in [0.25, 0.3) is 39.0 Å². The van der Waals surface area contributed by atoms with Gasteiger partial charge in [0.2, 0.25) is 0 Å². The molecule has 0 aliphatic heterocycles. The summed E-state index contributed by atoms with van der Waals surface area (Å²) in [5.74, 6) is 0.495. The number of nitrogens with zero attached hydrogens (tertiary/aromatic N) is 3. The van der Waals surface area contributed by atoms with E-state index >= 15 is 0 Å². The first-order valence-electron chi connectivity index (χ1n) is 29.9. The lowest BCUT2D eigenvalue weighted by molar-refractivity contribution is 0.847. The molecule has 86 heavy (non-hydrogen) atoms. The van der Waals surface area contributed by atoms with Gasteiger partial charge < -0.3 is 14.7 Å². The Labute approximate surface area is 507 Å². The van der Waals surface area contributed by atoms with E-state index in [1.807, 2.05) is 0 Å². The first kappa shape index (κ1) is 54.5. The van der Waals surface area contributed by atoms with Gasteiger partial charge in [0, 0.05) is 57.1 Å². The minimum absolute atomic E-state index is 0.0842. The number of allylic oxidation sites excluding steroid dienone is 5. The molecule has 13 rings (SSSR count). The molecule has 1 aliphatic carbocycles. The van der Waals surface area contributed by atoms with Gasteiger partial charge in [-0.1, -0.05) is 250 Å². The second kappa shape index (κ2) is 25.4. The standard InChI is InChI=1S/C83H67N3/c1-61(2)62-33-41-69(42-34-62)82(70-43-35-63(36-44-70)66-49-55-79(56-50-66)84(73-21-9-3-10-22-73)74-23-11-4-12-24-74)83(71-45-37-64(38-46-71)67-51-57-80(58-52-67)85(75-25-13-5-14-26-75)76-27-15-6-16-28-76)72-47-39-65(40-48-72)68-53-59-81(60-54-68)86(77-29-17-7-18-30-77)78-31-19-8-20-32-78/h3-47,49-61,72H,48H2,1-2H3/b83-82+. The maximum Gasteiger partial charge on any atom is 0.0462 e. The Kier molecular flexibility index (Phi) is 16.1. The third-order valence-corrected chi connectivity index (χ3v) is 16.4. The zero-order valence-electron chi connectivity index (χ0n) is 48.6. The fourth-order valence-corrected chi connectivity index (χ4v) is 12.0. The molecule has 0 saturated carbocycles. The monoisotopic (exact) mass is 1110 g/mol. The van der Waals surface area contributed by atoms with E-state index in [1.165, 1.54) is 66.8 Å². The molecule has 414 valence electrons. The van der Waals surface area contributed by atoms with Crippen LogP contribution in [0.5, 0.6) is 0 Å². The summed E-state index contributed by atoms with van der Waals surface area (Å²) in [7, 11) is 0. The molecule has 1 atom stereocenters. The Morgan fingerprint density at radius 1 is 0.291 bits per heavy atom. The zero-order chi connectivity index (χ0) is 58.0. The van der Waals surface area contributed by atoms with E-state index in [2.05, 4.69) is 374 Å². The van der Waals surface area contributed by atoms with Crippen molar-refractivity contribution in [1.82, 2.24) is 0 Å². The van der Waals surface area contributed by atoms with Gasteiger partial charge in [-0.15, -0.1) is 0 Å². The molecule has 12 aromatic carbocycles. The molecule has 0 heterocycles. The predicted molar refractivity (Wildman–Crippen MR) is 366 cm³/mol. The molecule has 1 aliphatic rings. The van der Waals surface area contributed by atoms with Gasteiger partial charge in [0.05, 0.1) is 0 Å². The normalized spacial score (nSPS) is 13.2. The molecule has 0 fully saturated rings. The van der Waals surface area contributed by atoms with Crippen LogP contribution in [-0.4, -0.2) is 0 Å².